The van der Waals surface area contributed by atoms with E-state index in [9.17, 15) is 4.79 Å². The number of rotatable bonds is 4. The minimum absolute atomic E-state index is 0.0224. The highest BCUT2D eigenvalue weighted by Crippen LogP contribution is 2.41. The number of hydrogen-bond donors (Lipinski definition) is 0. The average Bonchev–Trinajstić information content (AvgIpc) is 2.65. The summed E-state index contributed by atoms with van der Waals surface area (Å²) in [7, 11) is 1.74. The summed E-state index contributed by atoms with van der Waals surface area (Å²) in [6.45, 7) is 15.8. The van der Waals surface area contributed by atoms with Crippen molar-refractivity contribution in [2.45, 2.75) is 76.6 Å². The normalized spacial score (nSPS) is 15.6. The largest absolute Gasteiger partial charge is 0.444 e. The zero-order chi connectivity index (χ0) is 20.9. The molecule has 1 aliphatic heterocycles. The van der Waals surface area contributed by atoms with Gasteiger partial charge >= 0.3 is 6.09 Å². The van der Waals surface area contributed by atoms with Crippen LogP contribution in [0.2, 0.25) is 0 Å². The number of likely N-dealkylation sites (tertiary alicyclic amines) is 1. The Morgan fingerprint density at radius 2 is 1.59 bits per heavy atom. The highest BCUT2D eigenvalue weighted by molar-refractivity contribution is 8.00. The number of amides is 1. The molecule has 1 fully saturated rings. The van der Waals surface area contributed by atoms with E-state index in [2.05, 4.69) is 24.3 Å². The highest BCUT2D eigenvalue weighted by Gasteiger charge is 2.38. The Labute approximate surface area is 171 Å². The summed E-state index contributed by atoms with van der Waals surface area (Å²) in [5, 5.41) is 0. The number of thioether (sulfide) groups is 1. The molecule has 1 aromatic rings. The van der Waals surface area contributed by atoms with Crippen LogP contribution in [-0.4, -0.2) is 48.1 Å². The second-order valence-electron chi connectivity index (χ2n) is 7.00. The lowest BCUT2D eigenvalue weighted by Gasteiger charge is -2.41. The molecule has 4 nitrogen and oxygen atoms in total. The van der Waals surface area contributed by atoms with E-state index in [1.807, 2.05) is 71.2 Å². The van der Waals surface area contributed by atoms with E-state index < -0.39 is 5.60 Å². The predicted molar refractivity (Wildman–Crippen MR) is 117 cm³/mol. The molecule has 0 N–H and O–H groups in total. The lowest BCUT2D eigenvalue weighted by Crippen LogP contribution is -2.48. The van der Waals surface area contributed by atoms with Gasteiger partial charge in [-0.2, -0.15) is 0 Å². The molecule has 156 valence electrons. The van der Waals surface area contributed by atoms with Crippen molar-refractivity contribution in [3.8, 4) is 0 Å². The van der Waals surface area contributed by atoms with Gasteiger partial charge in [0, 0.05) is 29.8 Å². The van der Waals surface area contributed by atoms with E-state index in [0.29, 0.717) is 19.7 Å². The molecule has 0 unspecified atom stereocenters. The fourth-order valence-electron chi connectivity index (χ4n) is 2.70. The third-order valence-corrected chi connectivity index (χ3v) is 5.28. The Kier molecular flexibility index (Phi) is 12.5. The van der Waals surface area contributed by atoms with Crippen molar-refractivity contribution in [2.24, 2.45) is 0 Å². The Morgan fingerprint density at radius 1 is 1.07 bits per heavy atom. The van der Waals surface area contributed by atoms with E-state index >= 15 is 0 Å². The summed E-state index contributed by atoms with van der Waals surface area (Å²) in [6.07, 6.45) is 1.59. The van der Waals surface area contributed by atoms with E-state index in [0.717, 1.165) is 12.8 Å². The molecule has 0 atom stereocenters. The van der Waals surface area contributed by atoms with Crippen molar-refractivity contribution < 1.29 is 14.3 Å². The van der Waals surface area contributed by atoms with Crippen LogP contribution in [0.25, 0.3) is 0 Å². The minimum Gasteiger partial charge on any atom is -0.444 e. The first-order chi connectivity index (χ1) is 12.8. The summed E-state index contributed by atoms with van der Waals surface area (Å²) < 4.78 is 11.0. The Bertz CT molecular complexity index is 506. The van der Waals surface area contributed by atoms with Gasteiger partial charge in [0.25, 0.3) is 0 Å². The second kappa shape index (κ2) is 13.1. The highest BCUT2D eigenvalue weighted by atomic mass is 32.2. The third kappa shape index (κ3) is 9.52. The summed E-state index contributed by atoms with van der Waals surface area (Å²) in [4.78, 5) is 15.3. The van der Waals surface area contributed by atoms with Crippen LogP contribution in [0.3, 0.4) is 0 Å². The summed E-state index contributed by atoms with van der Waals surface area (Å²) in [5.74, 6) is 0. The summed E-state index contributed by atoms with van der Waals surface area (Å²) >= 11 is 1.86. The van der Waals surface area contributed by atoms with Crippen LogP contribution in [-0.2, 0) is 9.47 Å². The van der Waals surface area contributed by atoms with Crippen molar-refractivity contribution in [1.82, 2.24) is 4.90 Å². The minimum atomic E-state index is -0.447. The van der Waals surface area contributed by atoms with Gasteiger partial charge in [-0.1, -0.05) is 45.9 Å². The molecule has 1 saturated heterocycles. The van der Waals surface area contributed by atoms with Crippen LogP contribution in [0, 0.1) is 0 Å². The van der Waals surface area contributed by atoms with Crippen LogP contribution in [0.5, 0.6) is 0 Å². The number of ether oxygens (including phenoxy) is 2. The van der Waals surface area contributed by atoms with Gasteiger partial charge in [0.05, 0.1) is 6.61 Å². The van der Waals surface area contributed by atoms with Crippen molar-refractivity contribution in [3.63, 3.8) is 0 Å². The van der Waals surface area contributed by atoms with Crippen molar-refractivity contribution in [3.05, 3.63) is 30.3 Å². The molecular weight excluding hydrogens is 358 g/mol. The molecular formula is C22H39NO3S. The zero-order valence-corrected chi connectivity index (χ0v) is 19.3. The molecule has 2 rings (SSSR count). The molecule has 1 amide bonds. The quantitative estimate of drug-likeness (QED) is 0.602. The van der Waals surface area contributed by atoms with Gasteiger partial charge in [-0.05, 0) is 45.7 Å². The molecule has 1 heterocycles. The van der Waals surface area contributed by atoms with Crippen molar-refractivity contribution in [1.29, 1.82) is 0 Å². The van der Waals surface area contributed by atoms with Gasteiger partial charge in [-0.15, -0.1) is 11.8 Å². The number of benzene rings is 1. The number of piperidine rings is 1. The molecule has 0 radical (unpaired) electrons. The molecule has 0 saturated carbocycles. The van der Waals surface area contributed by atoms with Crippen molar-refractivity contribution >= 4 is 17.9 Å². The Morgan fingerprint density at radius 3 is 2.04 bits per heavy atom. The molecule has 0 aliphatic carbocycles. The monoisotopic (exact) mass is 397 g/mol. The summed E-state index contributed by atoms with van der Waals surface area (Å²) in [6, 6.07) is 10.4. The van der Waals surface area contributed by atoms with Gasteiger partial charge in [0.15, 0.2) is 0 Å². The fraction of sp³-hybridized carbons (Fsp3) is 0.682. The first-order valence-corrected chi connectivity index (χ1v) is 10.9. The topological polar surface area (TPSA) is 38.8 Å². The Balaban J connectivity index is 0.00000158. The van der Waals surface area contributed by atoms with Crippen LogP contribution in [0.4, 0.5) is 4.79 Å². The van der Waals surface area contributed by atoms with Gasteiger partial charge in [-0.25, -0.2) is 4.79 Å². The maximum atomic E-state index is 12.2. The zero-order valence-electron chi connectivity index (χ0n) is 18.5. The molecule has 5 heteroatoms. The smallest absolute Gasteiger partial charge is 0.410 e. The van der Waals surface area contributed by atoms with E-state index in [1.54, 1.807) is 7.11 Å². The van der Waals surface area contributed by atoms with E-state index in [4.69, 9.17) is 9.47 Å². The second-order valence-corrected chi connectivity index (χ2v) is 8.54. The molecule has 0 bridgehead atoms. The van der Waals surface area contributed by atoms with E-state index in [-0.39, 0.29) is 10.8 Å². The number of methoxy groups -OCH3 is 1. The average molecular weight is 398 g/mol. The number of hydrogen-bond acceptors (Lipinski definition) is 4. The number of nitrogens with zero attached hydrogens (tertiary/aromatic N) is 1. The van der Waals surface area contributed by atoms with E-state index in [1.165, 1.54) is 4.90 Å². The van der Waals surface area contributed by atoms with Gasteiger partial charge in [-0.3, -0.25) is 0 Å². The van der Waals surface area contributed by atoms with Gasteiger partial charge in [0.1, 0.15) is 5.60 Å². The maximum Gasteiger partial charge on any atom is 0.410 e. The standard InChI is InChI=1S/C18H27NO3S.2C2H6/c1-17(2,3)22-16(20)19-12-10-18(11-13-19,14-21-4)23-15-8-6-5-7-9-15;2*1-2/h5-9H,10-14H2,1-4H3;2*1-2H3. The third-order valence-electron chi connectivity index (χ3n) is 3.81. The predicted octanol–water partition coefficient (Wildman–Crippen LogP) is 6.25. The molecule has 1 aromatic carbocycles. The SMILES string of the molecule is CC.CC.COCC1(Sc2ccccc2)CCN(C(=O)OC(C)(C)C)CC1. The van der Waals surface area contributed by atoms with Crippen LogP contribution < -0.4 is 0 Å². The number of carbonyl (C=O) groups is 1. The van der Waals surface area contributed by atoms with Gasteiger partial charge < -0.3 is 14.4 Å². The lowest BCUT2D eigenvalue weighted by molar-refractivity contribution is 0.0168. The first kappa shape index (κ1) is 25.8. The molecule has 1 aliphatic rings. The van der Waals surface area contributed by atoms with Crippen LogP contribution in [0.15, 0.2) is 35.2 Å². The summed E-state index contributed by atoms with van der Waals surface area (Å²) in [5.41, 5.74) is -0.447. The van der Waals surface area contributed by atoms with Crippen molar-refractivity contribution in [2.75, 3.05) is 26.8 Å². The first-order valence-electron chi connectivity index (χ1n) is 10.0. The Hall–Kier alpha value is -1.20. The van der Waals surface area contributed by atoms with Crippen LogP contribution in [0.1, 0.15) is 61.3 Å². The lowest BCUT2D eigenvalue weighted by atomic mass is 9.97. The number of carbonyl (C=O) groups excluding carboxylic acids is 1. The van der Waals surface area contributed by atoms with Crippen LogP contribution >= 0.6 is 11.8 Å². The molecule has 27 heavy (non-hydrogen) atoms. The fourth-order valence-corrected chi connectivity index (χ4v) is 4.06. The maximum absolute atomic E-state index is 12.2. The van der Waals surface area contributed by atoms with Gasteiger partial charge in [0.2, 0.25) is 0 Å². The molecule has 0 aromatic heterocycles. The molecule has 0 spiro atoms.